The highest BCUT2D eigenvalue weighted by atomic mass is 16.4. The normalized spacial score (nSPS) is 18.6. The number of nitrogens with one attached hydrogen (secondary N) is 1. The molecule has 0 saturated carbocycles. The molecule has 0 bridgehead atoms. The number of aromatic carboxylic acids is 1. The zero-order valence-electron chi connectivity index (χ0n) is 9.14. The van der Waals surface area contributed by atoms with Crippen molar-refractivity contribution in [1.29, 1.82) is 0 Å². The van der Waals surface area contributed by atoms with Crippen molar-refractivity contribution in [3.05, 3.63) is 12.0 Å². The topological polar surface area (TPSA) is 78.6 Å². The maximum absolute atomic E-state index is 10.6. The molecule has 0 aromatic carbocycles. The highest BCUT2D eigenvalue weighted by molar-refractivity contribution is 5.85. The molecule has 0 amide bonds. The van der Waals surface area contributed by atoms with Gasteiger partial charge in [-0.3, -0.25) is 0 Å². The highest BCUT2D eigenvalue weighted by Crippen LogP contribution is 2.15. The van der Waals surface area contributed by atoms with E-state index in [9.17, 15) is 4.79 Å². The number of oxazole rings is 1. The number of likely N-dealkylation sites (tertiary alicyclic amines) is 1. The average Bonchev–Trinajstić information content (AvgIpc) is 2.70. The van der Waals surface area contributed by atoms with Crippen molar-refractivity contribution in [3.8, 4) is 0 Å². The number of anilines is 1. The number of rotatable bonds is 3. The van der Waals surface area contributed by atoms with E-state index in [1.807, 2.05) is 0 Å². The molecule has 0 atom stereocenters. The quantitative estimate of drug-likeness (QED) is 0.795. The van der Waals surface area contributed by atoms with Crippen LogP contribution in [0.4, 0.5) is 6.01 Å². The van der Waals surface area contributed by atoms with Gasteiger partial charge in [-0.25, -0.2) is 4.79 Å². The molecule has 0 unspecified atom stereocenters. The fourth-order valence-corrected chi connectivity index (χ4v) is 1.77. The second-order valence-electron chi connectivity index (χ2n) is 4.06. The third-order valence-corrected chi connectivity index (χ3v) is 2.77. The maximum atomic E-state index is 10.6. The Morgan fingerprint density at radius 3 is 2.88 bits per heavy atom. The van der Waals surface area contributed by atoms with Gasteiger partial charge in [-0.15, -0.1) is 0 Å². The van der Waals surface area contributed by atoms with Gasteiger partial charge in [-0.1, -0.05) is 0 Å². The van der Waals surface area contributed by atoms with Gasteiger partial charge >= 0.3 is 5.97 Å². The van der Waals surface area contributed by atoms with E-state index in [1.54, 1.807) is 0 Å². The van der Waals surface area contributed by atoms with Gasteiger partial charge in [0.2, 0.25) is 0 Å². The van der Waals surface area contributed by atoms with Crippen LogP contribution in [0.1, 0.15) is 23.3 Å². The van der Waals surface area contributed by atoms with E-state index in [0.29, 0.717) is 12.1 Å². The molecule has 2 rings (SSSR count). The largest absolute Gasteiger partial charge is 0.476 e. The highest BCUT2D eigenvalue weighted by Gasteiger charge is 2.18. The Kier molecular flexibility index (Phi) is 3.09. The fraction of sp³-hybridized carbons (Fsp3) is 0.600. The van der Waals surface area contributed by atoms with E-state index < -0.39 is 5.97 Å². The van der Waals surface area contributed by atoms with Gasteiger partial charge in [0.15, 0.2) is 5.69 Å². The van der Waals surface area contributed by atoms with Gasteiger partial charge in [0.05, 0.1) is 0 Å². The molecular weight excluding hydrogens is 210 g/mol. The second kappa shape index (κ2) is 4.52. The summed E-state index contributed by atoms with van der Waals surface area (Å²) in [5.74, 6) is -1.07. The fourth-order valence-electron chi connectivity index (χ4n) is 1.77. The Labute approximate surface area is 93.3 Å². The molecule has 1 aliphatic rings. The van der Waals surface area contributed by atoms with Crippen molar-refractivity contribution >= 4 is 12.0 Å². The predicted molar refractivity (Wildman–Crippen MR) is 57.6 cm³/mol. The number of carbonyl (C=O) groups is 1. The minimum Gasteiger partial charge on any atom is -0.476 e. The van der Waals surface area contributed by atoms with E-state index in [1.165, 1.54) is 0 Å². The van der Waals surface area contributed by atoms with Crippen LogP contribution in [0.5, 0.6) is 0 Å². The van der Waals surface area contributed by atoms with Crippen LogP contribution in [0.15, 0.2) is 10.7 Å². The smallest absolute Gasteiger partial charge is 0.357 e. The molecule has 16 heavy (non-hydrogen) atoms. The molecule has 0 aliphatic carbocycles. The summed E-state index contributed by atoms with van der Waals surface area (Å²) in [5.41, 5.74) is -0.0598. The summed E-state index contributed by atoms with van der Waals surface area (Å²) in [5, 5.41) is 11.8. The Hall–Kier alpha value is -1.56. The zero-order chi connectivity index (χ0) is 11.5. The van der Waals surface area contributed by atoms with Crippen LogP contribution in [-0.4, -0.2) is 47.1 Å². The molecule has 6 heteroatoms. The van der Waals surface area contributed by atoms with Gasteiger partial charge in [0.25, 0.3) is 6.01 Å². The first-order valence-electron chi connectivity index (χ1n) is 5.29. The molecule has 2 N–H and O–H groups in total. The lowest BCUT2D eigenvalue weighted by atomic mass is 10.1. The number of carboxylic acid groups (broad SMARTS) is 1. The van der Waals surface area contributed by atoms with Crippen LogP contribution in [0.3, 0.4) is 0 Å². The van der Waals surface area contributed by atoms with Crippen LogP contribution >= 0.6 is 0 Å². The Balaban J connectivity index is 1.91. The predicted octanol–water partition coefficient (Wildman–Crippen LogP) is 0.879. The van der Waals surface area contributed by atoms with E-state index in [-0.39, 0.29) is 5.69 Å². The van der Waals surface area contributed by atoms with E-state index >= 15 is 0 Å². The van der Waals surface area contributed by atoms with Gasteiger partial charge < -0.3 is 19.7 Å². The molecule has 1 aromatic rings. The molecule has 88 valence electrons. The summed E-state index contributed by atoms with van der Waals surface area (Å²) < 4.78 is 5.04. The third-order valence-electron chi connectivity index (χ3n) is 2.77. The number of hydrogen-bond donors (Lipinski definition) is 2. The minimum atomic E-state index is -1.07. The summed E-state index contributed by atoms with van der Waals surface area (Å²) >= 11 is 0. The van der Waals surface area contributed by atoms with E-state index in [2.05, 4.69) is 22.2 Å². The van der Waals surface area contributed by atoms with Gasteiger partial charge in [0, 0.05) is 6.04 Å². The first kappa shape index (κ1) is 10.9. The summed E-state index contributed by atoms with van der Waals surface area (Å²) in [7, 11) is 2.09. The lowest BCUT2D eigenvalue weighted by molar-refractivity contribution is 0.0690. The Morgan fingerprint density at radius 2 is 2.31 bits per heavy atom. The molecule has 0 radical (unpaired) electrons. The minimum absolute atomic E-state index is 0.0598. The van der Waals surface area contributed by atoms with Crippen molar-refractivity contribution in [3.63, 3.8) is 0 Å². The van der Waals surface area contributed by atoms with Crippen molar-refractivity contribution in [1.82, 2.24) is 9.88 Å². The van der Waals surface area contributed by atoms with Crippen LogP contribution in [0.25, 0.3) is 0 Å². The van der Waals surface area contributed by atoms with Gasteiger partial charge in [0.1, 0.15) is 6.26 Å². The summed E-state index contributed by atoms with van der Waals surface area (Å²) in [4.78, 5) is 16.7. The summed E-state index contributed by atoms with van der Waals surface area (Å²) in [6.45, 7) is 2.06. The molecule has 2 heterocycles. The van der Waals surface area contributed by atoms with E-state index in [4.69, 9.17) is 9.52 Å². The molecule has 1 aromatic heterocycles. The standard InChI is InChI=1S/C10H15N3O3/c1-13-4-2-7(3-5-13)11-10-12-8(6-16-10)9(14)15/h6-7H,2-5H2,1H3,(H,11,12)(H,14,15). The number of piperidine rings is 1. The molecule has 1 saturated heterocycles. The number of hydrogen-bond acceptors (Lipinski definition) is 5. The van der Waals surface area contributed by atoms with Crippen LogP contribution < -0.4 is 5.32 Å². The maximum Gasteiger partial charge on any atom is 0.357 e. The molecule has 1 fully saturated rings. The van der Waals surface area contributed by atoms with Crippen molar-refractivity contribution in [2.24, 2.45) is 0 Å². The summed E-state index contributed by atoms with van der Waals surface area (Å²) in [6.07, 6.45) is 3.18. The third kappa shape index (κ3) is 2.52. The Morgan fingerprint density at radius 1 is 1.62 bits per heavy atom. The zero-order valence-corrected chi connectivity index (χ0v) is 9.14. The van der Waals surface area contributed by atoms with Crippen LogP contribution in [-0.2, 0) is 0 Å². The molecule has 1 aliphatic heterocycles. The average molecular weight is 225 g/mol. The summed E-state index contributed by atoms with van der Waals surface area (Å²) in [6, 6.07) is 0.614. The number of carboxylic acids is 1. The lowest BCUT2D eigenvalue weighted by Gasteiger charge is -2.28. The first-order valence-corrected chi connectivity index (χ1v) is 5.29. The molecule has 0 spiro atoms. The van der Waals surface area contributed by atoms with Crippen molar-refractivity contribution < 1.29 is 14.3 Å². The SMILES string of the molecule is CN1CCC(Nc2nc(C(=O)O)co2)CC1. The monoisotopic (exact) mass is 225 g/mol. The Bertz CT molecular complexity index is 369. The van der Waals surface area contributed by atoms with Crippen molar-refractivity contribution in [2.45, 2.75) is 18.9 Å². The lowest BCUT2D eigenvalue weighted by Crippen LogP contribution is -2.36. The van der Waals surface area contributed by atoms with Crippen LogP contribution in [0, 0.1) is 0 Å². The van der Waals surface area contributed by atoms with Gasteiger partial charge in [-0.05, 0) is 33.0 Å². The number of nitrogens with zero attached hydrogens (tertiary/aromatic N) is 2. The molecular formula is C10H15N3O3. The van der Waals surface area contributed by atoms with E-state index in [0.717, 1.165) is 32.2 Å². The van der Waals surface area contributed by atoms with Gasteiger partial charge in [-0.2, -0.15) is 4.98 Å². The first-order chi connectivity index (χ1) is 7.65. The number of aromatic nitrogens is 1. The molecule has 6 nitrogen and oxygen atoms in total. The van der Waals surface area contributed by atoms with Crippen LogP contribution in [0.2, 0.25) is 0 Å². The van der Waals surface area contributed by atoms with Crippen molar-refractivity contribution in [2.75, 3.05) is 25.5 Å². The second-order valence-corrected chi connectivity index (χ2v) is 4.06.